The lowest BCUT2D eigenvalue weighted by Gasteiger charge is -2.25. The van der Waals surface area contributed by atoms with Gasteiger partial charge in [0.1, 0.15) is 12.4 Å². The first kappa shape index (κ1) is 27.1. The van der Waals surface area contributed by atoms with Gasteiger partial charge in [-0.3, -0.25) is 9.36 Å². The van der Waals surface area contributed by atoms with Gasteiger partial charge in [-0.25, -0.2) is 9.79 Å². The molecular formula is C32H31N3O4S. The average Bonchev–Trinajstić information content (AvgIpc) is 3.26. The van der Waals surface area contributed by atoms with E-state index >= 15 is 0 Å². The molecule has 7 nitrogen and oxygen atoms in total. The van der Waals surface area contributed by atoms with Crippen LogP contribution in [0.2, 0.25) is 0 Å². The van der Waals surface area contributed by atoms with E-state index in [0.717, 1.165) is 22.4 Å². The predicted molar refractivity (Wildman–Crippen MR) is 158 cm³/mol. The second kappa shape index (κ2) is 11.8. The molecular weight excluding hydrogens is 522 g/mol. The summed E-state index contributed by atoms with van der Waals surface area (Å²) >= 11 is 1.30. The molecule has 0 radical (unpaired) electrons. The van der Waals surface area contributed by atoms with Gasteiger partial charge in [0.2, 0.25) is 0 Å². The number of benzene rings is 3. The van der Waals surface area contributed by atoms with Crippen LogP contribution in [0.15, 0.2) is 99.9 Å². The van der Waals surface area contributed by atoms with Gasteiger partial charge in [0, 0.05) is 19.8 Å². The number of ether oxygens (including phenoxy) is 2. The largest absolute Gasteiger partial charge is 0.489 e. The number of hydrogen-bond donors (Lipinski definition) is 0. The van der Waals surface area contributed by atoms with Gasteiger partial charge >= 0.3 is 5.97 Å². The SMILES string of the molecule is CCOC(=O)C1=C(C)N=c2s/c(=C\c3cccc(OCc4ccccc4)c3)c(=O)n2[C@H]1c1ccc(N(C)C)cc1. The number of anilines is 1. The van der Waals surface area contributed by atoms with Crippen molar-refractivity contribution in [3.63, 3.8) is 0 Å². The maximum atomic E-state index is 13.9. The third-order valence-electron chi connectivity index (χ3n) is 6.65. The van der Waals surface area contributed by atoms with E-state index in [-0.39, 0.29) is 12.2 Å². The van der Waals surface area contributed by atoms with Crippen LogP contribution in [0.25, 0.3) is 6.08 Å². The zero-order valence-electron chi connectivity index (χ0n) is 23.0. The Kier molecular flexibility index (Phi) is 7.98. The van der Waals surface area contributed by atoms with E-state index < -0.39 is 12.0 Å². The Morgan fingerprint density at radius 2 is 1.80 bits per heavy atom. The Morgan fingerprint density at radius 3 is 2.50 bits per heavy atom. The topological polar surface area (TPSA) is 73.1 Å². The van der Waals surface area contributed by atoms with Crippen molar-refractivity contribution in [2.75, 3.05) is 25.6 Å². The number of allylic oxidation sites excluding steroid dienone is 1. The van der Waals surface area contributed by atoms with Crippen molar-refractivity contribution in [2.24, 2.45) is 4.99 Å². The molecule has 0 aliphatic carbocycles. The molecule has 0 fully saturated rings. The van der Waals surface area contributed by atoms with Crippen LogP contribution in [0.4, 0.5) is 5.69 Å². The molecule has 0 spiro atoms. The van der Waals surface area contributed by atoms with Crippen molar-refractivity contribution in [3.8, 4) is 5.75 Å². The number of thiazole rings is 1. The summed E-state index contributed by atoms with van der Waals surface area (Å²) in [5.74, 6) is 0.243. The van der Waals surface area contributed by atoms with E-state index in [1.165, 1.54) is 11.3 Å². The lowest BCUT2D eigenvalue weighted by molar-refractivity contribution is -0.139. The number of carbonyl (C=O) groups is 1. The van der Waals surface area contributed by atoms with E-state index in [2.05, 4.69) is 4.99 Å². The first-order chi connectivity index (χ1) is 19.4. The fourth-order valence-corrected chi connectivity index (χ4v) is 5.69. The van der Waals surface area contributed by atoms with Crippen LogP contribution in [0.1, 0.15) is 36.6 Å². The average molecular weight is 554 g/mol. The van der Waals surface area contributed by atoms with Gasteiger partial charge in [0.15, 0.2) is 4.80 Å². The number of nitrogens with zero attached hydrogens (tertiary/aromatic N) is 3. The summed E-state index contributed by atoms with van der Waals surface area (Å²) < 4.78 is 13.5. The fourth-order valence-electron chi connectivity index (χ4n) is 4.65. The molecule has 4 aromatic rings. The van der Waals surface area contributed by atoms with E-state index in [0.29, 0.717) is 33.0 Å². The second-order valence-corrected chi connectivity index (χ2v) is 10.6. The highest BCUT2D eigenvalue weighted by atomic mass is 32.1. The Morgan fingerprint density at radius 1 is 1.05 bits per heavy atom. The molecule has 204 valence electrons. The van der Waals surface area contributed by atoms with Crippen molar-refractivity contribution < 1.29 is 14.3 Å². The molecule has 0 amide bonds. The van der Waals surface area contributed by atoms with Crippen LogP contribution in [0.5, 0.6) is 5.75 Å². The molecule has 0 saturated carbocycles. The lowest BCUT2D eigenvalue weighted by atomic mass is 9.95. The van der Waals surface area contributed by atoms with Crippen LogP contribution in [0.3, 0.4) is 0 Å². The summed E-state index contributed by atoms with van der Waals surface area (Å²) in [6, 6.07) is 24.8. The van der Waals surface area contributed by atoms with Crippen LogP contribution >= 0.6 is 11.3 Å². The Labute approximate surface area is 237 Å². The van der Waals surface area contributed by atoms with Crippen LogP contribution < -0.4 is 24.5 Å². The van der Waals surface area contributed by atoms with Gasteiger partial charge in [-0.1, -0.05) is 65.9 Å². The molecule has 5 rings (SSSR count). The fraction of sp³-hybridized carbons (Fsp3) is 0.219. The minimum Gasteiger partial charge on any atom is -0.489 e. The molecule has 0 unspecified atom stereocenters. The van der Waals surface area contributed by atoms with Crippen LogP contribution in [0, 0.1) is 0 Å². The number of hydrogen-bond acceptors (Lipinski definition) is 7. The van der Waals surface area contributed by atoms with E-state index in [9.17, 15) is 9.59 Å². The zero-order chi connectivity index (χ0) is 28.2. The summed E-state index contributed by atoms with van der Waals surface area (Å²) in [5.41, 5.74) is 4.45. The maximum absolute atomic E-state index is 13.9. The number of rotatable bonds is 8. The monoisotopic (exact) mass is 553 g/mol. The van der Waals surface area contributed by atoms with Crippen molar-refractivity contribution in [3.05, 3.63) is 127 Å². The minimum atomic E-state index is -0.644. The number of fused-ring (bicyclic) bond motifs is 1. The summed E-state index contributed by atoms with van der Waals surface area (Å²) in [4.78, 5) is 34.2. The number of carbonyl (C=O) groups excluding carboxylic acids is 1. The van der Waals surface area contributed by atoms with E-state index in [1.807, 2.05) is 104 Å². The first-order valence-electron chi connectivity index (χ1n) is 13.1. The van der Waals surface area contributed by atoms with Crippen molar-refractivity contribution in [1.29, 1.82) is 0 Å². The smallest absolute Gasteiger partial charge is 0.338 e. The maximum Gasteiger partial charge on any atom is 0.338 e. The summed E-state index contributed by atoms with van der Waals surface area (Å²) in [5, 5.41) is 0. The van der Waals surface area contributed by atoms with Crippen LogP contribution in [-0.4, -0.2) is 31.2 Å². The quantitative estimate of drug-likeness (QED) is 0.302. The molecule has 40 heavy (non-hydrogen) atoms. The normalized spacial score (nSPS) is 14.9. The predicted octanol–water partition coefficient (Wildman–Crippen LogP) is 4.44. The first-order valence-corrected chi connectivity index (χ1v) is 13.9. The van der Waals surface area contributed by atoms with Gasteiger partial charge in [0.25, 0.3) is 5.56 Å². The molecule has 1 aromatic heterocycles. The van der Waals surface area contributed by atoms with Crippen molar-refractivity contribution in [1.82, 2.24) is 4.57 Å². The van der Waals surface area contributed by atoms with E-state index in [1.54, 1.807) is 18.4 Å². The molecule has 1 aliphatic heterocycles. The van der Waals surface area contributed by atoms with Gasteiger partial charge < -0.3 is 14.4 Å². The Balaban J connectivity index is 1.56. The van der Waals surface area contributed by atoms with Gasteiger partial charge in [-0.15, -0.1) is 0 Å². The number of esters is 1. The zero-order valence-corrected chi connectivity index (χ0v) is 23.8. The van der Waals surface area contributed by atoms with Crippen molar-refractivity contribution in [2.45, 2.75) is 26.5 Å². The van der Waals surface area contributed by atoms with Gasteiger partial charge in [0.05, 0.1) is 28.5 Å². The van der Waals surface area contributed by atoms with E-state index in [4.69, 9.17) is 9.47 Å². The third kappa shape index (κ3) is 5.62. The van der Waals surface area contributed by atoms with Gasteiger partial charge in [-0.2, -0.15) is 0 Å². The summed E-state index contributed by atoms with van der Waals surface area (Å²) in [6.07, 6.45) is 1.84. The molecule has 0 N–H and O–H groups in total. The summed E-state index contributed by atoms with van der Waals surface area (Å²) in [6.45, 7) is 4.24. The number of aromatic nitrogens is 1. The highest BCUT2D eigenvalue weighted by Gasteiger charge is 2.33. The van der Waals surface area contributed by atoms with Gasteiger partial charge in [-0.05, 0) is 60.9 Å². The minimum absolute atomic E-state index is 0.213. The molecule has 1 aliphatic rings. The lowest BCUT2D eigenvalue weighted by Crippen LogP contribution is -2.39. The second-order valence-electron chi connectivity index (χ2n) is 9.63. The molecule has 2 heterocycles. The third-order valence-corrected chi connectivity index (χ3v) is 7.63. The van der Waals surface area contributed by atoms with Crippen molar-refractivity contribution >= 4 is 29.1 Å². The summed E-state index contributed by atoms with van der Waals surface area (Å²) in [7, 11) is 3.93. The van der Waals surface area contributed by atoms with Crippen LogP contribution in [-0.2, 0) is 16.1 Å². The molecule has 8 heteroatoms. The molecule has 3 aromatic carbocycles. The molecule has 1 atom stereocenters. The Bertz CT molecular complexity index is 1740. The highest BCUT2D eigenvalue weighted by molar-refractivity contribution is 7.07. The molecule has 0 bridgehead atoms. The highest BCUT2D eigenvalue weighted by Crippen LogP contribution is 2.31. The molecule has 0 saturated heterocycles. The Hall–Kier alpha value is -4.43. The standard InChI is InChI=1S/C32H31N3O4S/c1-5-38-31(37)28-21(2)33-32-35(29(28)24-14-16-25(17-15-24)34(3)4)30(36)27(40-32)19-23-12-9-13-26(18-23)39-20-22-10-7-6-8-11-22/h6-19,29H,5,20H2,1-4H3/b27-19-/t29-/m0/s1.